The molecule has 0 saturated carbocycles. The molecule has 0 unspecified atom stereocenters. The first-order valence-electron chi connectivity index (χ1n) is 5.55. The minimum Gasteiger partial charge on any atom is -0.356 e. The molecule has 2 heterocycles. The first kappa shape index (κ1) is 12.3. The molecule has 2 rings (SSSR count). The lowest BCUT2D eigenvalue weighted by atomic mass is 10.1. The molecule has 0 N–H and O–H groups in total. The molecule has 0 spiro atoms. The van der Waals surface area contributed by atoms with Gasteiger partial charge in [-0.05, 0) is 18.6 Å². The largest absolute Gasteiger partial charge is 0.356 e. The molecule has 1 aliphatic rings. The van der Waals surface area contributed by atoms with Crippen molar-refractivity contribution in [3.63, 3.8) is 0 Å². The van der Waals surface area contributed by atoms with Gasteiger partial charge in [-0.15, -0.1) is 0 Å². The van der Waals surface area contributed by atoms with Gasteiger partial charge in [0.1, 0.15) is 5.82 Å². The van der Waals surface area contributed by atoms with E-state index in [9.17, 15) is 8.42 Å². The van der Waals surface area contributed by atoms with Crippen LogP contribution in [-0.4, -0.2) is 39.4 Å². The zero-order chi connectivity index (χ0) is 12.3. The Hall–Kier alpha value is -1.14. The summed E-state index contributed by atoms with van der Waals surface area (Å²) in [7, 11) is -3.33. The Morgan fingerprint density at radius 2 is 2.35 bits per heavy atom. The van der Waals surface area contributed by atoms with E-state index in [4.69, 9.17) is 4.18 Å². The molecule has 5 nitrogen and oxygen atoms in total. The highest BCUT2D eigenvalue weighted by molar-refractivity contribution is 7.85. The fraction of sp³-hybridized carbons (Fsp3) is 0.545. The van der Waals surface area contributed by atoms with Crippen molar-refractivity contribution in [3.8, 4) is 0 Å². The zero-order valence-electron chi connectivity index (χ0n) is 9.74. The average Bonchev–Trinajstić information content (AvgIpc) is 2.75. The quantitative estimate of drug-likeness (QED) is 0.749. The predicted octanol–water partition coefficient (Wildman–Crippen LogP) is 0.884. The fourth-order valence-corrected chi connectivity index (χ4v) is 2.38. The number of hydrogen-bond donors (Lipinski definition) is 0. The molecule has 1 aliphatic heterocycles. The van der Waals surface area contributed by atoms with Crippen LogP contribution in [0.3, 0.4) is 0 Å². The van der Waals surface area contributed by atoms with E-state index in [2.05, 4.69) is 9.88 Å². The number of aromatic nitrogens is 1. The van der Waals surface area contributed by atoms with Crippen LogP contribution in [0.15, 0.2) is 24.4 Å². The van der Waals surface area contributed by atoms with Gasteiger partial charge in [-0.3, -0.25) is 4.18 Å². The second kappa shape index (κ2) is 5.01. The summed E-state index contributed by atoms with van der Waals surface area (Å²) in [5.41, 5.74) is 0. The van der Waals surface area contributed by atoms with Gasteiger partial charge in [-0.2, -0.15) is 8.42 Å². The van der Waals surface area contributed by atoms with Gasteiger partial charge < -0.3 is 4.90 Å². The summed E-state index contributed by atoms with van der Waals surface area (Å²) in [5.74, 6) is 1.20. The summed E-state index contributed by atoms with van der Waals surface area (Å²) in [6.07, 6.45) is 3.78. The molecule has 1 saturated heterocycles. The summed E-state index contributed by atoms with van der Waals surface area (Å²) in [4.78, 5) is 6.42. The normalized spacial score (nSPS) is 20.8. The number of pyridine rings is 1. The van der Waals surface area contributed by atoms with Crippen molar-refractivity contribution in [2.75, 3.05) is 30.9 Å². The van der Waals surface area contributed by atoms with Crippen LogP contribution >= 0.6 is 0 Å². The van der Waals surface area contributed by atoms with Crippen molar-refractivity contribution in [3.05, 3.63) is 24.4 Å². The number of rotatable bonds is 4. The van der Waals surface area contributed by atoms with E-state index in [0.29, 0.717) is 0 Å². The van der Waals surface area contributed by atoms with Crippen molar-refractivity contribution in [1.29, 1.82) is 0 Å². The molecular weight excluding hydrogens is 240 g/mol. The molecular formula is C11H16N2O3S. The van der Waals surface area contributed by atoms with Gasteiger partial charge in [-0.1, -0.05) is 6.07 Å². The van der Waals surface area contributed by atoms with E-state index in [-0.39, 0.29) is 12.5 Å². The third-order valence-electron chi connectivity index (χ3n) is 2.78. The van der Waals surface area contributed by atoms with Crippen LogP contribution < -0.4 is 4.90 Å². The van der Waals surface area contributed by atoms with Gasteiger partial charge in [0.05, 0.1) is 12.9 Å². The number of hydrogen-bond acceptors (Lipinski definition) is 5. The Balaban J connectivity index is 1.88. The highest BCUT2D eigenvalue weighted by Gasteiger charge is 2.24. The van der Waals surface area contributed by atoms with E-state index in [0.717, 1.165) is 31.6 Å². The third-order valence-corrected chi connectivity index (χ3v) is 3.34. The number of nitrogens with zero attached hydrogens (tertiary/aromatic N) is 2. The van der Waals surface area contributed by atoms with Crippen LogP contribution in [0.4, 0.5) is 5.82 Å². The smallest absolute Gasteiger partial charge is 0.264 e. The summed E-state index contributed by atoms with van der Waals surface area (Å²) in [6.45, 7) is 1.96. The molecule has 1 aromatic heterocycles. The highest BCUT2D eigenvalue weighted by atomic mass is 32.2. The van der Waals surface area contributed by atoms with E-state index in [1.165, 1.54) is 0 Å². The molecule has 0 aliphatic carbocycles. The maximum absolute atomic E-state index is 10.9. The Labute approximate surface area is 102 Å². The number of anilines is 1. The van der Waals surface area contributed by atoms with Crippen LogP contribution in [0, 0.1) is 5.92 Å². The van der Waals surface area contributed by atoms with Crippen LogP contribution in [0.25, 0.3) is 0 Å². The summed E-state index contributed by atoms with van der Waals surface area (Å²) in [5, 5.41) is 0. The fourth-order valence-electron chi connectivity index (χ4n) is 1.94. The minimum atomic E-state index is -3.33. The average molecular weight is 256 g/mol. The predicted molar refractivity (Wildman–Crippen MR) is 65.4 cm³/mol. The summed E-state index contributed by atoms with van der Waals surface area (Å²) in [6, 6.07) is 5.78. The van der Waals surface area contributed by atoms with Crippen LogP contribution in [0.2, 0.25) is 0 Å². The lowest BCUT2D eigenvalue weighted by molar-refractivity contribution is 0.268. The first-order valence-corrected chi connectivity index (χ1v) is 7.36. The van der Waals surface area contributed by atoms with E-state index in [1.54, 1.807) is 6.20 Å². The molecule has 0 radical (unpaired) electrons. The molecule has 94 valence electrons. The molecule has 0 bridgehead atoms. The van der Waals surface area contributed by atoms with Crippen LogP contribution in [-0.2, 0) is 14.3 Å². The van der Waals surface area contributed by atoms with Gasteiger partial charge in [0, 0.05) is 25.2 Å². The van der Waals surface area contributed by atoms with Gasteiger partial charge in [0.2, 0.25) is 0 Å². The minimum absolute atomic E-state index is 0.256. The van der Waals surface area contributed by atoms with Gasteiger partial charge in [0.15, 0.2) is 0 Å². The van der Waals surface area contributed by atoms with Crippen molar-refractivity contribution in [2.45, 2.75) is 6.42 Å². The molecule has 1 fully saturated rings. The Kier molecular flexibility index (Phi) is 3.63. The van der Waals surface area contributed by atoms with Gasteiger partial charge in [0.25, 0.3) is 10.1 Å². The second-order valence-corrected chi connectivity index (χ2v) is 5.92. The first-order chi connectivity index (χ1) is 8.04. The zero-order valence-corrected chi connectivity index (χ0v) is 10.6. The third kappa shape index (κ3) is 3.67. The topological polar surface area (TPSA) is 59.5 Å². The lowest BCUT2D eigenvalue weighted by Gasteiger charge is -2.16. The van der Waals surface area contributed by atoms with Crippen molar-refractivity contribution >= 4 is 15.9 Å². The monoisotopic (exact) mass is 256 g/mol. The van der Waals surface area contributed by atoms with Gasteiger partial charge in [-0.25, -0.2) is 4.98 Å². The molecule has 0 amide bonds. The standard InChI is InChI=1S/C11H16N2O3S/c1-17(14,15)16-9-10-5-7-13(8-10)11-4-2-3-6-12-11/h2-4,6,10H,5,7-9H2,1H3/t10-/m0/s1. The lowest BCUT2D eigenvalue weighted by Crippen LogP contribution is -2.22. The van der Waals surface area contributed by atoms with Crippen molar-refractivity contribution in [2.24, 2.45) is 5.92 Å². The Bertz CT molecular complexity index is 461. The Morgan fingerprint density at radius 3 is 3.00 bits per heavy atom. The molecule has 1 atom stereocenters. The van der Waals surface area contributed by atoms with Crippen LogP contribution in [0.1, 0.15) is 6.42 Å². The maximum Gasteiger partial charge on any atom is 0.264 e. The molecule has 1 aromatic rings. The second-order valence-electron chi connectivity index (χ2n) is 4.28. The van der Waals surface area contributed by atoms with E-state index < -0.39 is 10.1 Å². The van der Waals surface area contributed by atoms with Gasteiger partial charge >= 0.3 is 0 Å². The van der Waals surface area contributed by atoms with E-state index in [1.807, 2.05) is 18.2 Å². The maximum atomic E-state index is 10.9. The summed E-state index contributed by atoms with van der Waals surface area (Å²) < 4.78 is 26.6. The van der Waals surface area contributed by atoms with Crippen LogP contribution in [0.5, 0.6) is 0 Å². The highest BCUT2D eigenvalue weighted by Crippen LogP contribution is 2.22. The molecule has 0 aromatic carbocycles. The Morgan fingerprint density at radius 1 is 1.53 bits per heavy atom. The molecule has 17 heavy (non-hydrogen) atoms. The van der Waals surface area contributed by atoms with Crippen molar-refractivity contribution in [1.82, 2.24) is 4.98 Å². The SMILES string of the molecule is CS(=O)(=O)OC[C@H]1CCN(c2ccccn2)C1. The van der Waals surface area contributed by atoms with Crippen molar-refractivity contribution < 1.29 is 12.6 Å². The van der Waals surface area contributed by atoms with E-state index >= 15 is 0 Å². The molecule has 6 heteroatoms. The summed E-state index contributed by atoms with van der Waals surface area (Å²) >= 11 is 0.